The van der Waals surface area contributed by atoms with E-state index in [9.17, 15) is 8.78 Å². The summed E-state index contributed by atoms with van der Waals surface area (Å²) in [5, 5.41) is 3.33. The fraction of sp³-hybridized carbons (Fsp3) is 0.571. The lowest BCUT2D eigenvalue weighted by Crippen LogP contribution is -2.33. The monoisotopic (exact) mass is 256 g/mol. The number of rotatable bonds is 7. The zero-order valence-electron chi connectivity index (χ0n) is 11.3. The molecular weight excluding hydrogens is 234 g/mol. The Kier molecular flexibility index (Phi) is 6.22. The number of likely N-dealkylation sites (N-methyl/N-ethyl adjacent to an activating group) is 1. The summed E-state index contributed by atoms with van der Waals surface area (Å²) in [6.07, 6.45) is 0.601. The first-order chi connectivity index (χ1) is 8.49. The van der Waals surface area contributed by atoms with E-state index >= 15 is 0 Å². The van der Waals surface area contributed by atoms with Crippen molar-refractivity contribution in [2.75, 3.05) is 26.7 Å². The zero-order chi connectivity index (χ0) is 13.5. The molecule has 0 heterocycles. The highest BCUT2D eigenvalue weighted by Gasteiger charge is 2.05. The average molecular weight is 256 g/mol. The van der Waals surface area contributed by atoms with Gasteiger partial charge in [-0.1, -0.05) is 19.9 Å². The Morgan fingerprint density at radius 1 is 1.22 bits per heavy atom. The van der Waals surface area contributed by atoms with Crippen LogP contribution >= 0.6 is 0 Å². The van der Waals surface area contributed by atoms with Crippen LogP contribution in [0.2, 0.25) is 0 Å². The number of hydrogen-bond acceptors (Lipinski definition) is 2. The van der Waals surface area contributed by atoms with Crippen LogP contribution in [0.1, 0.15) is 19.4 Å². The fourth-order valence-electron chi connectivity index (χ4n) is 1.69. The van der Waals surface area contributed by atoms with Gasteiger partial charge in [0.2, 0.25) is 0 Å². The van der Waals surface area contributed by atoms with Crippen LogP contribution in [0.4, 0.5) is 8.78 Å². The first kappa shape index (κ1) is 15.1. The van der Waals surface area contributed by atoms with Crippen molar-refractivity contribution >= 4 is 0 Å². The van der Waals surface area contributed by atoms with E-state index in [0.29, 0.717) is 18.0 Å². The van der Waals surface area contributed by atoms with Crippen molar-refractivity contribution in [3.63, 3.8) is 0 Å². The van der Waals surface area contributed by atoms with Gasteiger partial charge < -0.3 is 10.2 Å². The van der Waals surface area contributed by atoms with Gasteiger partial charge in [0.15, 0.2) is 0 Å². The molecule has 0 saturated carbocycles. The molecule has 18 heavy (non-hydrogen) atoms. The summed E-state index contributed by atoms with van der Waals surface area (Å²) in [5.74, 6) is -0.977. The van der Waals surface area contributed by atoms with E-state index in [1.807, 2.05) is 7.05 Å². The third-order valence-electron chi connectivity index (χ3n) is 2.82. The van der Waals surface area contributed by atoms with Crippen LogP contribution < -0.4 is 5.32 Å². The van der Waals surface area contributed by atoms with Crippen molar-refractivity contribution in [2.24, 2.45) is 0 Å². The Hall–Kier alpha value is -1.00. The van der Waals surface area contributed by atoms with Crippen LogP contribution in [0, 0.1) is 11.6 Å². The van der Waals surface area contributed by atoms with E-state index in [4.69, 9.17) is 0 Å². The first-order valence-electron chi connectivity index (χ1n) is 6.35. The Labute approximate surface area is 108 Å². The molecule has 0 aromatic heterocycles. The third kappa shape index (κ3) is 5.56. The van der Waals surface area contributed by atoms with Gasteiger partial charge in [0, 0.05) is 31.7 Å². The highest BCUT2D eigenvalue weighted by Crippen LogP contribution is 2.10. The average Bonchev–Trinajstić information content (AvgIpc) is 2.27. The summed E-state index contributed by atoms with van der Waals surface area (Å²) in [6.45, 7) is 6.81. The largest absolute Gasteiger partial charge is 0.313 e. The van der Waals surface area contributed by atoms with Crippen molar-refractivity contribution in [2.45, 2.75) is 26.3 Å². The summed E-state index contributed by atoms with van der Waals surface area (Å²) in [4.78, 5) is 2.14. The summed E-state index contributed by atoms with van der Waals surface area (Å²) in [7, 11) is 2.00. The third-order valence-corrected chi connectivity index (χ3v) is 2.82. The smallest absolute Gasteiger partial charge is 0.129 e. The summed E-state index contributed by atoms with van der Waals surface area (Å²) < 4.78 is 26.1. The van der Waals surface area contributed by atoms with Crippen molar-refractivity contribution in [1.82, 2.24) is 10.2 Å². The van der Waals surface area contributed by atoms with Crippen LogP contribution in [0.25, 0.3) is 0 Å². The lowest BCUT2D eigenvalue weighted by atomic mass is 10.1. The van der Waals surface area contributed by atoms with Crippen LogP contribution in [0.3, 0.4) is 0 Å². The van der Waals surface area contributed by atoms with Crippen molar-refractivity contribution in [3.05, 3.63) is 35.4 Å². The number of halogens is 2. The molecule has 0 aliphatic rings. The second-order valence-electron chi connectivity index (χ2n) is 4.90. The predicted octanol–water partition coefficient (Wildman–Crippen LogP) is 2.44. The van der Waals surface area contributed by atoms with Crippen LogP contribution in [-0.4, -0.2) is 37.6 Å². The van der Waals surface area contributed by atoms with Gasteiger partial charge in [0.05, 0.1) is 0 Å². The topological polar surface area (TPSA) is 15.3 Å². The number of nitrogens with zero attached hydrogens (tertiary/aromatic N) is 1. The van der Waals surface area contributed by atoms with E-state index in [0.717, 1.165) is 25.7 Å². The molecule has 102 valence electrons. The molecule has 1 rings (SSSR count). The maximum absolute atomic E-state index is 13.4. The molecule has 2 nitrogen and oxygen atoms in total. The molecule has 0 radical (unpaired) electrons. The van der Waals surface area contributed by atoms with Crippen LogP contribution in [-0.2, 0) is 6.42 Å². The molecule has 0 spiro atoms. The minimum absolute atomic E-state index is 0.455. The second kappa shape index (κ2) is 7.44. The second-order valence-corrected chi connectivity index (χ2v) is 4.90. The number of nitrogens with one attached hydrogen (secondary N) is 1. The summed E-state index contributed by atoms with van der Waals surface area (Å²) in [5.41, 5.74) is 0.570. The molecule has 0 fully saturated rings. The zero-order valence-corrected chi connectivity index (χ0v) is 11.3. The van der Waals surface area contributed by atoms with E-state index in [1.54, 1.807) is 0 Å². The SMILES string of the molecule is CC(C)NCCN(C)CCc1ccc(F)cc1F. The normalized spacial score (nSPS) is 11.5. The standard InChI is InChI=1S/C14H22F2N2/c1-11(2)17-7-9-18(3)8-6-12-4-5-13(15)10-14(12)16/h4-5,10-11,17H,6-9H2,1-3H3. The van der Waals surface area contributed by atoms with Crippen LogP contribution in [0.5, 0.6) is 0 Å². The number of hydrogen-bond donors (Lipinski definition) is 1. The lowest BCUT2D eigenvalue weighted by Gasteiger charge is -2.18. The molecule has 1 N–H and O–H groups in total. The van der Waals surface area contributed by atoms with Gasteiger partial charge in [-0.25, -0.2) is 8.78 Å². The number of benzene rings is 1. The molecule has 1 aromatic rings. The van der Waals surface area contributed by atoms with Gasteiger partial charge in [0.1, 0.15) is 11.6 Å². The van der Waals surface area contributed by atoms with E-state index < -0.39 is 11.6 Å². The maximum Gasteiger partial charge on any atom is 0.129 e. The minimum atomic E-state index is -0.522. The van der Waals surface area contributed by atoms with Gasteiger partial charge >= 0.3 is 0 Å². The molecule has 0 bridgehead atoms. The quantitative estimate of drug-likeness (QED) is 0.806. The Balaban J connectivity index is 2.31. The highest BCUT2D eigenvalue weighted by molar-refractivity contribution is 5.18. The molecule has 0 aliphatic heterocycles. The lowest BCUT2D eigenvalue weighted by molar-refractivity contribution is 0.329. The van der Waals surface area contributed by atoms with E-state index in [-0.39, 0.29) is 0 Å². The van der Waals surface area contributed by atoms with Crippen molar-refractivity contribution in [1.29, 1.82) is 0 Å². The predicted molar refractivity (Wildman–Crippen MR) is 70.7 cm³/mol. The van der Waals surface area contributed by atoms with Gasteiger partial charge in [0.25, 0.3) is 0 Å². The molecule has 0 atom stereocenters. The van der Waals surface area contributed by atoms with E-state index in [2.05, 4.69) is 24.1 Å². The molecule has 4 heteroatoms. The molecule has 0 amide bonds. The van der Waals surface area contributed by atoms with Gasteiger partial charge in [-0.15, -0.1) is 0 Å². The maximum atomic E-state index is 13.4. The van der Waals surface area contributed by atoms with E-state index in [1.165, 1.54) is 12.1 Å². The summed E-state index contributed by atoms with van der Waals surface area (Å²) >= 11 is 0. The van der Waals surface area contributed by atoms with Gasteiger partial charge in [-0.2, -0.15) is 0 Å². The highest BCUT2D eigenvalue weighted by atomic mass is 19.1. The van der Waals surface area contributed by atoms with Gasteiger partial charge in [-0.3, -0.25) is 0 Å². The Morgan fingerprint density at radius 3 is 2.56 bits per heavy atom. The molecular formula is C14H22F2N2. The molecule has 0 aliphatic carbocycles. The van der Waals surface area contributed by atoms with Gasteiger partial charge in [-0.05, 0) is 25.1 Å². The first-order valence-corrected chi connectivity index (χ1v) is 6.35. The Bertz CT molecular complexity index is 367. The fourth-order valence-corrected chi connectivity index (χ4v) is 1.69. The molecule has 0 saturated heterocycles. The van der Waals surface area contributed by atoms with Crippen molar-refractivity contribution in [3.8, 4) is 0 Å². The molecule has 1 aromatic carbocycles. The Morgan fingerprint density at radius 2 is 1.94 bits per heavy atom. The minimum Gasteiger partial charge on any atom is -0.313 e. The van der Waals surface area contributed by atoms with Crippen LogP contribution in [0.15, 0.2) is 18.2 Å². The molecule has 0 unspecified atom stereocenters. The van der Waals surface area contributed by atoms with Crippen molar-refractivity contribution < 1.29 is 8.78 Å². The summed E-state index contributed by atoms with van der Waals surface area (Å²) in [6, 6.07) is 4.24.